The van der Waals surface area contributed by atoms with Crippen molar-refractivity contribution in [3.8, 4) is 0 Å². The van der Waals surface area contributed by atoms with Gasteiger partial charge in [-0.3, -0.25) is 4.79 Å². The molecule has 0 spiro atoms. The zero-order valence-electron chi connectivity index (χ0n) is 10.6. The van der Waals surface area contributed by atoms with E-state index in [1.54, 1.807) is 12.1 Å². The number of nitrogens with one attached hydrogen (secondary N) is 1. The minimum Gasteiger partial charge on any atom is -0.324 e. The van der Waals surface area contributed by atoms with Crippen LogP contribution in [0.3, 0.4) is 0 Å². The number of aryl methyl sites for hydroxylation is 1. The summed E-state index contributed by atoms with van der Waals surface area (Å²) in [5.74, 6) is -0.253. The highest BCUT2D eigenvalue weighted by molar-refractivity contribution is 6.31. The lowest BCUT2D eigenvalue weighted by Crippen LogP contribution is -2.27. The second-order valence-electron chi connectivity index (χ2n) is 4.34. The SMILES string of the molecule is Cc1ccc(Cl)cc1NC(=O)[C@@H](N)c1ccccc1. The minimum absolute atomic E-state index is 0.253. The molecular formula is C15H15ClN2O. The molecule has 4 heteroatoms. The van der Waals surface area contributed by atoms with Gasteiger partial charge in [0.25, 0.3) is 0 Å². The Balaban J connectivity index is 2.15. The molecule has 3 nitrogen and oxygen atoms in total. The Hall–Kier alpha value is -1.84. The number of hydrogen-bond donors (Lipinski definition) is 2. The molecule has 0 fully saturated rings. The fraction of sp³-hybridized carbons (Fsp3) is 0.133. The molecule has 2 aromatic carbocycles. The first kappa shape index (κ1) is 13.6. The predicted molar refractivity (Wildman–Crippen MR) is 78.2 cm³/mol. The van der Waals surface area contributed by atoms with Crippen molar-refractivity contribution < 1.29 is 4.79 Å². The number of benzene rings is 2. The van der Waals surface area contributed by atoms with Crippen LogP contribution in [0.1, 0.15) is 17.2 Å². The molecule has 3 N–H and O–H groups in total. The molecule has 19 heavy (non-hydrogen) atoms. The summed E-state index contributed by atoms with van der Waals surface area (Å²) in [5, 5.41) is 3.38. The summed E-state index contributed by atoms with van der Waals surface area (Å²) in [6, 6.07) is 13.9. The summed E-state index contributed by atoms with van der Waals surface area (Å²) in [6.45, 7) is 1.90. The highest BCUT2D eigenvalue weighted by Crippen LogP contribution is 2.21. The van der Waals surface area contributed by atoms with Crippen molar-refractivity contribution in [3.05, 3.63) is 64.7 Å². The van der Waals surface area contributed by atoms with Crippen LogP contribution in [-0.4, -0.2) is 5.91 Å². The van der Waals surface area contributed by atoms with Crippen LogP contribution in [0.5, 0.6) is 0 Å². The molecule has 0 aliphatic rings. The van der Waals surface area contributed by atoms with Gasteiger partial charge in [-0.2, -0.15) is 0 Å². The zero-order chi connectivity index (χ0) is 13.8. The van der Waals surface area contributed by atoms with Gasteiger partial charge in [0.1, 0.15) is 6.04 Å². The molecular weight excluding hydrogens is 260 g/mol. The quantitative estimate of drug-likeness (QED) is 0.902. The summed E-state index contributed by atoms with van der Waals surface area (Å²) in [4.78, 5) is 12.1. The monoisotopic (exact) mass is 274 g/mol. The van der Waals surface area contributed by atoms with Gasteiger partial charge in [0.2, 0.25) is 5.91 Å². The van der Waals surface area contributed by atoms with Crippen LogP contribution in [0.2, 0.25) is 5.02 Å². The first-order valence-electron chi connectivity index (χ1n) is 5.95. The second-order valence-corrected chi connectivity index (χ2v) is 4.77. The third kappa shape index (κ3) is 3.34. The zero-order valence-corrected chi connectivity index (χ0v) is 11.3. The number of anilines is 1. The van der Waals surface area contributed by atoms with E-state index in [9.17, 15) is 4.79 Å². The maximum atomic E-state index is 12.1. The van der Waals surface area contributed by atoms with E-state index in [4.69, 9.17) is 17.3 Å². The fourth-order valence-corrected chi connectivity index (χ4v) is 1.92. The van der Waals surface area contributed by atoms with Gasteiger partial charge in [-0.15, -0.1) is 0 Å². The van der Waals surface area contributed by atoms with Gasteiger partial charge in [-0.1, -0.05) is 48.0 Å². The molecule has 0 saturated heterocycles. The molecule has 98 valence electrons. The van der Waals surface area contributed by atoms with Crippen molar-refractivity contribution in [3.63, 3.8) is 0 Å². The summed E-state index contributed by atoms with van der Waals surface area (Å²) < 4.78 is 0. The van der Waals surface area contributed by atoms with Crippen molar-refractivity contribution in [2.45, 2.75) is 13.0 Å². The van der Waals surface area contributed by atoms with E-state index in [2.05, 4.69) is 5.32 Å². The Bertz CT molecular complexity index is 584. The Morgan fingerprint density at radius 2 is 1.89 bits per heavy atom. The highest BCUT2D eigenvalue weighted by Gasteiger charge is 2.16. The second kappa shape index (κ2) is 5.87. The van der Waals surface area contributed by atoms with Crippen molar-refractivity contribution in [1.82, 2.24) is 0 Å². The van der Waals surface area contributed by atoms with E-state index in [0.29, 0.717) is 10.7 Å². The molecule has 2 rings (SSSR count). The van der Waals surface area contributed by atoms with E-state index in [0.717, 1.165) is 11.1 Å². The first-order chi connectivity index (χ1) is 9.08. The van der Waals surface area contributed by atoms with Crippen molar-refractivity contribution in [1.29, 1.82) is 0 Å². The average Bonchev–Trinajstić information content (AvgIpc) is 2.43. The lowest BCUT2D eigenvalue weighted by Gasteiger charge is -2.14. The average molecular weight is 275 g/mol. The van der Waals surface area contributed by atoms with Crippen LogP contribution in [0, 0.1) is 6.92 Å². The maximum absolute atomic E-state index is 12.1. The van der Waals surface area contributed by atoms with E-state index < -0.39 is 6.04 Å². The van der Waals surface area contributed by atoms with Crippen molar-refractivity contribution >= 4 is 23.2 Å². The maximum Gasteiger partial charge on any atom is 0.245 e. The van der Waals surface area contributed by atoms with Crippen molar-refractivity contribution in [2.75, 3.05) is 5.32 Å². The normalized spacial score (nSPS) is 11.9. The molecule has 0 bridgehead atoms. The molecule has 0 radical (unpaired) electrons. The van der Waals surface area contributed by atoms with Gasteiger partial charge in [0, 0.05) is 10.7 Å². The number of carbonyl (C=O) groups excluding carboxylic acids is 1. The Kier molecular flexibility index (Phi) is 4.20. The highest BCUT2D eigenvalue weighted by atomic mass is 35.5. The van der Waals surface area contributed by atoms with Gasteiger partial charge in [0.15, 0.2) is 0 Å². The molecule has 0 aliphatic carbocycles. The molecule has 0 aromatic heterocycles. The molecule has 0 heterocycles. The third-order valence-electron chi connectivity index (χ3n) is 2.90. The molecule has 1 amide bonds. The van der Waals surface area contributed by atoms with Crippen LogP contribution in [-0.2, 0) is 4.79 Å². The number of halogens is 1. The van der Waals surface area contributed by atoms with E-state index in [-0.39, 0.29) is 5.91 Å². The van der Waals surface area contributed by atoms with E-state index in [1.807, 2.05) is 43.3 Å². The van der Waals surface area contributed by atoms with Gasteiger partial charge in [-0.05, 0) is 30.2 Å². The third-order valence-corrected chi connectivity index (χ3v) is 3.13. The van der Waals surface area contributed by atoms with Crippen LogP contribution < -0.4 is 11.1 Å². The Morgan fingerprint density at radius 3 is 2.58 bits per heavy atom. The number of amides is 1. The van der Waals surface area contributed by atoms with Crippen LogP contribution in [0.25, 0.3) is 0 Å². The number of carbonyl (C=O) groups is 1. The minimum atomic E-state index is -0.695. The lowest BCUT2D eigenvalue weighted by molar-refractivity contribution is -0.117. The number of nitrogens with two attached hydrogens (primary N) is 1. The molecule has 0 aliphatic heterocycles. The first-order valence-corrected chi connectivity index (χ1v) is 6.33. The smallest absolute Gasteiger partial charge is 0.245 e. The van der Waals surface area contributed by atoms with Crippen LogP contribution >= 0.6 is 11.6 Å². The number of hydrogen-bond acceptors (Lipinski definition) is 2. The Labute approximate surface area is 117 Å². The van der Waals surface area contributed by atoms with Crippen LogP contribution in [0.15, 0.2) is 48.5 Å². The molecule has 1 atom stereocenters. The molecule has 0 saturated carbocycles. The largest absolute Gasteiger partial charge is 0.324 e. The van der Waals surface area contributed by atoms with Gasteiger partial charge in [-0.25, -0.2) is 0 Å². The molecule has 2 aromatic rings. The standard InChI is InChI=1S/C15H15ClN2O/c1-10-7-8-12(16)9-13(10)18-15(19)14(17)11-5-3-2-4-6-11/h2-9,14H,17H2,1H3,(H,18,19)/t14-/m0/s1. The van der Waals surface area contributed by atoms with Crippen LogP contribution in [0.4, 0.5) is 5.69 Å². The van der Waals surface area contributed by atoms with Gasteiger partial charge >= 0.3 is 0 Å². The summed E-state index contributed by atoms with van der Waals surface area (Å²) in [7, 11) is 0. The summed E-state index contributed by atoms with van der Waals surface area (Å²) in [6.07, 6.45) is 0. The Morgan fingerprint density at radius 1 is 1.21 bits per heavy atom. The topological polar surface area (TPSA) is 55.1 Å². The van der Waals surface area contributed by atoms with Crippen molar-refractivity contribution in [2.24, 2.45) is 5.73 Å². The summed E-state index contributed by atoms with van der Waals surface area (Å²) in [5.41, 5.74) is 8.33. The lowest BCUT2D eigenvalue weighted by atomic mass is 10.1. The van der Waals surface area contributed by atoms with Gasteiger partial charge < -0.3 is 11.1 Å². The van der Waals surface area contributed by atoms with E-state index >= 15 is 0 Å². The number of rotatable bonds is 3. The predicted octanol–water partition coefficient (Wildman–Crippen LogP) is 3.29. The molecule has 0 unspecified atom stereocenters. The van der Waals surface area contributed by atoms with Gasteiger partial charge in [0.05, 0.1) is 0 Å². The summed E-state index contributed by atoms with van der Waals surface area (Å²) >= 11 is 5.91. The van der Waals surface area contributed by atoms with E-state index in [1.165, 1.54) is 0 Å². The fourth-order valence-electron chi connectivity index (χ4n) is 1.75.